The van der Waals surface area contributed by atoms with Crippen LogP contribution in [0.2, 0.25) is 0 Å². The van der Waals surface area contributed by atoms with E-state index in [4.69, 9.17) is 4.74 Å². The molecule has 1 aliphatic heterocycles. The van der Waals surface area contributed by atoms with Crippen molar-refractivity contribution in [3.05, 3.63) is 30.1 Å². The monoisotopic (exact) mass is 374 g/mol. The highest BCUT2D eigenvalue weighted by atomic mass is 19.4. The van der Waals surface area contributed by atoms with Crippen LogP contribution in [0.25, 0.3) is 0 Å². The molecule has 9 heteroatoms. The van der Waals surface area contributed by atoms with Gasteiger partial charge in [0.2, 0.25) is 0 Å². The van der Waals surface area contributed by atoms with Crippen LogP contribution in [0.4, 0.5) is 17.6 Å². The van der Waals surface area contributed by atoms with Crippen molar-refractivity contribution in [1.29, 1.82) is 0 Å². The molecule has 0 unspecified atom stereocenters. The molecule has 1 aliphatic carbocycles. The first-order valence-corrected chi connectivity index (χ1v) is 8.21. The molecule has 1 aromatic rings. The summed E-state index contributed by atoms with van der Waals surface area (Å²) in [4.78, 5) is 12.3. The number of alkyl halides is 3. The number of fused-ring (bicyclic) bond motifs is 1. The minimum Gasteiger partial charge on any atom is -0.484 e. The molecule has 0 radical (unpaired) electrons. The van der Waals surface area contributed by atoms with Gasteiger partial charge in [-0.05, 0) is 49.4 Å². The number of hydrogen-bond acceptors (Lipinski definition) is 4. The van der Waals surface area contributed by atoms with E-state index in [1.165, 1.54) is 12.1 Å². The van der Waals surface area contributed by atoms with E-state index in [1.54, 1.807) is 6.92 Å². The van der Waals surface area contributed by atoms with Crippen LogP contribution >= 0.6 is 0 Å². The van der Waals surface area contributed by atoms with E-state index in [0.717, 1.165) is 12.1 Å². The number of nitrogens with zero attached hydrogens (tertiary/aromatic N) is 2. The quantitative estimate of drug-likeness (QED) is 0.827. The van der Waals surface area contributed by atoms with Gasteiger partial charge in [-0.15, -0.1) is 0 Å². The average Bonchev–Trinajstić information content (AvgIpc) is 2.88. The predicted octanol–water partition coefficient (Wildman–Crippen LogP) is 3.09. The summed E-state index contributed by atoms with van der Waals surface area (Å²) in [7, 11) is 0. The Hall–Kier alpha value is -2.16. The van der Waals surface area contributed by atoms with Crippen LogP contribution in [0.15, 0.2) is 29.4 Å². The number of rotatable bonds is 3. The molecule has 0 spiro atoms. The van der Waals surface area contributed by atoms with Crippen molar-refractivity contribution in [3.8, 4) is 5.75 Å². The van der Waals surface area contributed by atoms with Crippen molar-refractivity contribution < 1.29 is 32.2 Å². The minimum atomic E-state index is -5.06. The standard InChI is InChI=1S/C17H18F4N2O3/c1-10-2-7-14-13(8-10)16(25,17(19,20)21)23(22-14)15(24)9-26-12-5-3-11(18)4-6-12/h3-6,10,13,25H,2,7-9H2,1H3/t10-,13-,16+/m1/s1. The summed E-state index contributed by atoms with van der Waals surface area (Å²) in [6.45, 7) is 1.04. The zero-order valence-corrected chi connectivity index (χ0v) is 14.0. The second kappa shape index (κ2) is 6.53. The summed E-state index contributed by atoms with van der Waals surface area (Å²) >= 11 is 0. The zero-order chi connectivity index (χ0) is 19.1. The summed E-state index contributed by atoms with van der Waals surface area (Å²) < 4.78 is 59.0. The van der Waals surface area contributed by atoms with Gasteiger partial charge in [-0.25, -0.2) is 4.39 Å². The molecule has 1 heterocycles. The average molecular weight is 374 g/mol. The number of halogens is 4. The Morgan fingerprint density at radius 2 is 2.04 bits per heavy atom. The lowest BCUT2D eigenvalue weighted by Gasteiger charge is -2.39. The molecule has 1 fully saturated rings. The van der Waals surface area contributed by atoms with E-state index < -0.39 is 36.2 Å². The third kappa shape index (κ3) is 3.15. The number of ether oxygens (including phenoxy) is 1. The van der Waals surface area contributed by atoms with Crippen LogP contribution in [0.3, 0.4) is 0 Å². The van der Waals surface area contributed by atoms with Crippen molar-refractivity contribution in [2.75, 3.05) is 6.61 Å². The number of amides is 1. The Labute approximate surface area is 147 Å². The molecule has 1 amide bonds. The Morgan fingerprint density at radius 1 is 1.38 bits per heavy atom. The van der Waals surface area contributed by atoms with E-state index in [1.807, 2.05) is 0 Å². The summed E-state index contributed by atoms with van der Waals surface area (Å²) in [6, 6.07) is 4.68. The fourth-order valence-electron chi connectivity index (χ4n) is 3.39. The molecule has 142 valence electrons. The number of carbonyl (C=O) groups excluding carboxylic acids is 1. The van der Waals surface area contributed by atoms with Gasteiger partial charge in [-0.2, -0.15) is 23.3 Å². The smallest absolute Gasteiger partial charge is 0.439 e. The van der Waals surface area contributed by atoms with E-state index in [2.05, 4.69) is 5.10 Å². The second-order valence-electron chi connectivity index (χ2n) is 6.70. The normalized spacial score (nSPS) is 28.5. The Bertz CT molecular complexity index is 720. The van der Waals surface area contributed by atoms with Gasteiger partial charge in [0, 0.05) is 5.71 Å². The third-order valence-electron chi connectivity index (χ3n) is 4.80. The van der Waals surface area contributed by atoms with Gasteiger partial charge in [-0.1, -0.05) is 6.92 Å². The molecule has 26 heavy (non-hydrogen) atoms. The van der Waals surface area contributed by atoms with Crippen molar-refractivity contribution in [2.45, 2.75) is 38.1 Å². The highest BCUT2D eigenvalue weighted by Crippen LogP contribution is 2.49. The highest BCUT2D eigenvalue weighted by molar-refractivity contribution is 5.93. The molecular weight excluding hydrogens is 356 g/mol. The van der Waals surface area contributed by atoms with E-state index >= 15 is 0 Å². The topological polar surface area (TPSA) is 62.1 Å². The fourth-order valence-corrected chi connectivity index (χ4v) is 3.39. The molecule has 0 bridgehead atoms. The van der Waals surface area contributed by atoms with Crippen molar-refractivity contribution >= 4 is 11.6 Å². The van der Waals surface area contributed by atoms with Gasteiger partial charge in [0.15, 0.2) is 6.61 Å². The molecule has 3 atom stereocenters. The summed E-state index contributed by atoms with van der Waals surface area (Å²) in [6.07, 6.45) is -4.02. The lowest BCUT2D eigenvalue weighted by Crippen LogP contribution is -2.62. The van der Waals surface area contributed by atoms with Gasteiger partial charge >= 0.3 is 6.18 Å². The largest absolute Gasteiger partial charge is 0.484 e. The van der Waals surface area contributed by atoms with Crippen LogP contribution < -0.4 is 4.74 Å². The number of hydrazone groups is 1. The van der Waals surface area contributed by atoms with Gasteiger partial charge in [-0.3, -0.25) is 4.79 Å². The number of hydrogen-bond donors (Lipinski definition) is 1. The zero-order valence-electron chi connectivity index (χ0n) is 14.0. The molecule has 1 aromatic carbocycles. The summed E-state index contributed by atoms with van der Waals surface area (Å²) in [5.41, 5.74) is -3.20. The molecular formula is C17H18F4N2O3. The van der Waals surface area contributed by atoms with Crippen molar-refractivity contribution in [2.24, 2.45) is 16.9 Å². The van der Waals surface area contributed by atoms with E-state index in [9.17, 15) is 27.5 Å². The SMILES string of the molecule is C[C@@H]1CCC2=NN(C(=O)COc3ccc(F)cc3)[C@@](O)(C(F)(F)F)[C@@H]2C1. The lowest BCUT2D eigenvalue weighted by molar-refractivity contribution is -0.318. The molecule has 0 aromatic heterocycles. The van der Waals surface area contributed by atoms with Gasteiger partial charge in [0.1, 0.15) is 11.6 Å². The number of benzene rings is 1. The van der Waals surface area contributed by atoms with Crippen LogP contribution in [0, 0.1) is 17.7 Å². The second-order valence-corrected chi connectivity index (χ2v) is 6.70. The van der Waals surface area contributed by atoms with Gasteiger partial charge in [0.25, 0.3) is 11.6 Å². The maximum atomic E-state index is 13.7. The maximum Gasteiger partial charge on any atom is 0.439 e. The molecule has 1 saturated carbocycles. The summed E-state index contributed by atoms with van der Waals surface area (Å²) in [5, 5.41) is 14.4. The van der Waals surface area contributed by atoms with E-state index in [0.29, 0.717) is 12.8 Å². The molecule has 3 rings (SSSR count). The summed E-state index contributed by atoms with van der Waals surface area (Å²) in [5.74, 6) is -2.81. The number of aliphatic hydroxyl groups is 1. The fraction of sp³-hybridized carbons (Fsp3) is 0.529. The van der Waals surface area contributed by atoms with Crippen molar-refractivity contribution in [3.63, 3.8) is 0 Å². The van der Waals surface area contributed by atoms with Gasteiger partial charge < -0.3 is 9.84 Å². The molecule has 0 saturated heterocycles. The first-order valence-electron chi connectivity index (χ1n) is 8.21. The predicted molar refractivity (Wildman–Crippen MR) is 83.7 cm³/mol. The first-order chi connectivity index (χ1) is 12.1. The number of carbonyl (C=O) groups is 1. The van der Waals surface area contributed by atoms with Crippen LogP contribution in [0.1, 0.15) is 26.2 Å². The highest BCUT2D eigenvalue weighted by Gasteiger charge is 2.68. The molecule has 1 N–H and O–H groups in total. The molecule has 2 aliphatic rings. The molecule has 5 nitrogen and oxygen atoms in total. The minimum absolute atomic E-state index is 0.0154. The van der Waals surface area contributed by atoms with Crippen LogP contribution in [-0.2, 0) is 4.79 Å². The Morgan fingerprint density at radius 3 is 2.65 bits per heavy atom. The lowest BCUT2D eigenvalue weighted by atomic mass is 9.76. The van der Waals surface area contributed by atoms with E-state index in [-0.39, 0.29) is 28.8 Å². The third-order valence-corrected chi connectivity index (χ3v) is 4.80. The first kappa shape index (κ1) is 18.6. The van der Waals surface area contributed by atoms with Crippen LogP contribution in [0.5, 0.6) is 5.75 Å². The van der Waals surface area contributed by atoms with Crippen molar-refractivity contribution in [1.82, 2.24) is 5.01 Å². The van der Waals surface area contributed by atoms with Gasteiger partial charge in [0.05, 0.1) is 5.92 Å². The van der Waals surface area contributed by atoms with Crippen LogP contribution in [-0.4, -0.2) is 40.2 Å². The Balaban J connectivity index is 1.81. The Kier molecular flexibility index (Phi) is 4.68. The maximum absolute atomic E-state index is 13.7.